The maximum absolute atomic E-state index is 12.7. The lowest BCUT2D eigenvalue weighted by molar-refractivity contribution is 0.247. The Kier molecular flexibility index (Phi) is 5.24. The summed E-state index contributed by atoms with van der Waals surface area (Å²) in [5, 5.41) is 0. The van der Waals surface area contributed by atoms with E-state index in [0.29, 0.717) is 36.6 Å². The summed E-state index contributed by atoms with van der Waals surface area (Å²) in [5.74, 6) is 0.699. The van der Waals surface area contributed by atoms with Crippen molar-refractivity contribution in [1.29, 1.82) is 0 Å². The summed E-state index contributed by atoms with van der Waals surface area (Å²) in [5.41, 5.74) is 5.90. The summed E-state index contributed by atoms with van der Waals surface area (Å²) in [7, 11) is -3.45. The first kappa shape index (κ1) is 16.3. The van der Waals surface area contributed by atoms with E-state index in [1.807, 2.05) is 13.8 Å². The summed E-state index contributed by atoms with van der Waals surface area (Å²) < 4.78 is 32.4. The van der Waals surface area contributed by atoms with Crippen LogP contribution in [0.25, 0.3) is 0 Å². The van der Waals surface area contributed by atoms with Crippen molar-refractivity contribution in [1.82, 2.24) is 4.31 Å². The molecule has 0 aromatic heterocycles. The third-order valence-electron chi connectivity index (χ3n) is 3.76. The first-order valence-corrected chi connectivity index (χ1v) is 8.89. The first-order valence-electron chi connectivity index (χ1n) is 7.45. The van der Waals surface area contributed by atoms with Gasteiger partial charge in [-0.1, -0.05) is 6.92 Å². The van der Waals surface area contributed by atoms with Crippen LogP contribution in [-0.4, -0.2) is 38.0 Å². The van der Waals surface area contributed by atoms with Gasteiger partial charge >= 0.3 is 0 Å². The highest BCUT2D eigenvalue weighted by molar-refractivity contribution is 7.89. The second-order valence-electron chi connectivity index (χ2n) is 5.57. The van der Waals surface area contributed by atoms with Crippen LogP contribution in [0.4, 0.5) is 0 Å². The summed E-state index contributed by atoms with van der Waals surface area (Å²) in [6.45, 7) is 5.06. The van der Waals surface area contributed by atoms with E-state index in [4.69, 9.17) is 10.5 Å². The Morgan fingerprint density at radius 3 is 2.57 bits per heavy atom. The van der Waals surface area contributed by atoms with E-state index < -0.39 is 10.0 Å². The van der Waals surface area contributed by atoms with Crippen LogP contribution < -0.4 is 10.5 Å². The normalized spacial score (nSPS) is 24.0. The lowest BCUT2D eigenvalue weighted by Crippen LogP contribution is -2.48. The van der Waals surface area contributed by atoms with Gasteiger partial charge < -0.3 is 10.5 Å². The molecular formula is C15H24N2O3S. The fraction of sp³-hybridized carbons (Fsp3) is 0.600. The van der Waals surface area contributed by atoms with E-state index in [-0.39, 0.29) is 12.1 Å². The number of hydrogen-bond acceptors (Lipinski definition) is 4. The Bertz CT molecular complexity index is 557. The molecule has 1 fully saturated rings. The molecule has 118 valence electrons. The van der Waals surface area contributed by atoms with Gasteiger partial charge in [-0.25, -0.2) is 8.42 Å². The Morgan fingerprint density at radius 1 is 1.33 bits per heavy atom. The summed E-state index contributed by atoms with van der Waals surface area (Å²) in [6.07, 6.45) is 2.34. The maximum Gasteiger partial charge on any atom is 0.243 e. The molecule has 0 saturated carbocycles. The minimum absolute atomic E-state index is 0.0604. The lowest BCUT2D eigenvalue weighted by Gasteiger charge is -2.35. The summed E-state index contributed by atoms with van der Waals surface area (Å²) in [4.78, 5) is 0.314. The number of sulfonamides is 1. The van der Waals surface area contributed by atoms with Crippen LogP contribution in [0.3, 0.4) is 0 Å². The van der Waals surface area contributed by atoms with Crippen LogP contribution in [0.2, 0.25) is 0 Å². The van der Waals surface area contributed by atoms with Crippen molar-refractivity contribution in [2.75, 3.05) is 13.2 Å². The Morgan fingerprint density at radius 2 is 2.00 bits per heavy atom. The van der Waals surface area contributed by atoms with E-state index in [1.54, 1.807) is 28.6 Å². The number of piperidine rings is 1. The van der Waals surface area contributed by atoms with Crippen LogP contribution >= 0.6 is 0 Å². The van der Waals surface area contributed by atoms with E-state index in [0.717, 1.165) is 6.42 Å². The van der Waals surface area contributed by atoms with Crippen molar-refractivity contribution >= 4 is 10.0 Å². The second kappa shape index (κ2) is 6.77. The van der Waals surface area contributed by atoms with Crippen molar-refractivity contribution in [2.24, 2.45) is 5.73 Å². The van der Waals surface area contributed by atoms with Gasteiger partial charge in [0.1, 0.15) is 5.75 Å². The molecule has 2 N–H and O–H groups in total. The molecule has 2 atom stereocenters. The lowest BCUT2D eigenvalue weighted by atomic mass is 10.0. The third-order valence-corrected chi connectivity index (χ3v) is 5.79. The topological polar surface area (TPSA) is 72.6 Å². The second-order valence-corrected chi connectivity index (χ2v) is 7.46. The van der Waals surface area contributed by atoms with Crippen LogP contribution in [0.5, 0.6) is 5.75 Å². The third kappa shape index (κ3) is 3.75. The molecule has 21 heavy (non-hydrogen) atoms. The molecule has 1 aromatic rings. The quantitative estimate of drug-likeness (QED) is 0.902. The molecule has 0 aliphatic carbocycles. The van der Waals surface area contributed by atoms with Crippen molar-refractivity contribution in [3.05, 3.63) is 24.3 Å². The standard InChI is InChI=1S/C15H24N2O3S/c1-3-10-20-14-4-6-15(7-5-14)21(18,19)17-9-8-13(16)11-12(17)2/h4-7,12-13H,3,8-11,16H2,1-2H3. The minimum atomic E-state index is -3.45. The Hall–Kier alpha value is -1.11. The highest BCUT2D eigenvalue weighted by Crippen LogP contribution is 2.26. The number of nitrogens with zero attached hydrogens (tertiary/aromatic N) is 1. The van der Waals surface area contributed by atoms with Crippen LogP contribution in [0.15, 0.2) is 29.2 Å². The van der Waals surface area contributed by atoms with Gasteiger partial charge in [-0.05, 0) is 50.5 Å². The molecule has 1 aliphatic heterocycles. The molecule has 5 nitrogen and oxygen atoms in total. The predicted octanol–water partition coefficient (Wildman–Crippen LogP) is 1.98. The molecular weight excluding hydrogens is 288 g/mol. The molecule has 2 unspecified atom stereocenters. The average molecular weight is 312 g/mol. The Labute approximate surface area is 127 Å². The van der Waals surface area contributed by atoms with Gasteiger partial charge in [-0.2, -0.15) is 4.31 Å². The molecule has 1 aromatic carbocycles. The van der Waals surface area contributed by atoms with E-state index in [1.165, 1.54) is 0 Å². The SMILES string of the molecule is CCCOc1ccc(S(=O)(=O)N2CCC(N)CC2C)cc1. The van der Waals surface area contributed by atoms with Gasteiger partial charge in [0.15, 0.2) is 0 Å². The molecule has 2 rings (SSSR count). The monoisotopic (exact) mass is 312 g/mol. The molecule has 0 bridgehead atoms. The molecule has 1 heterocycles. The van der Waals surface area contributed by atoms with E-state index >= 15 is 0 Å². The molecule has 0 radical (unpaired) electrons. The fourth-order valence-electron chi connectivity index (χ4n) is 2.61. The maximum atomic E-state index is 12.7. The van der Waals surface area contributed by atoms with E-state index in [2.05, 4.69) is 0 Å². The fourth-order valence-corrected chi connectivity index (χ4v) is 4.26. The zero-order valence-electron chi connectivity index (χ0n) is 12.7. The molecule has 1 aliphatic rings. The number of rotatable bonds is 5. The minimum Gasteiger partial charge on any atom is -0.494 e. The Balaban J connectivity index is 2.15. The highest BCUT2D eigenvalue weighted by Gasteiger charge is 2.33. The van der Waals surface area contributed by atoms with E-state index in [9.17, 15) is 8.42 Å². The smallest absolute Gasteiger partial charge is 0.243 e. The van der Waals surface area contributed by atoms with Gasteiger partial charge in [0.25, 0.3) is 0 Å². The average Bonchev–Trinajstić information content (AvgIpc) is 2.45. The van der Waals surface area contributed by atoms with Crippen molar-refractivity contribution in [2.45, 2.75) is 50.1 Å². The van der Waals surface area contributed by atoms with Gasteiger partial charge in [0, 0.05) is 18.6 Å². The number of hydrogen-bond donors (Lipinski definition) is 1. The van der Waals surface area contributed by atoms with Crippen molar-refractivity contribution < 1.29 is 13.2 Å². The summed E-state index contributed by atoms with van der Waals surface area (Å²) in [6, 6.07) is 6.68. The zero-order valence-corrected chi connectivity index (χ0v) is 13.5. The van der Waals surface area contributed by atoms with Gasteiger partial charge in [0.2, 0.25) is 10.0 Å². The molecule has 0 amide bonds. The number of ether oxygens (including phenoxy) is 1. The van der Waals surface area contributed by atoms with Crippen LogP contribution in [0.1, 0.15) is 33.1 Å². The summed E-state index contributed by atoms with van der Waals surface area (Å²) >= 11 is 0. The van der Waals surface area contributed by atoms with Crippen molar-refractivity contribution in [3.63, 3.8) is 0 Å². The molecule has 0 spiro atoms. The van der Waals surface area contributed by atoms with Gasteiger partial charge in [-0.15, -0.1) is 0 Å². The van der Waals surface area contributed by atoms with Crippen LogP contribution in [0, 0.1) is 0 Å². The highest BCUT2D eigenvalue weighted by atomic mass is 32.2. The van der Waals surface area contributed by atoms with Gasteiger partial charge in [0.05, 0.1) is 11.5 Å². The van der Waals surface area contributed by atoms with Gasteiger partial charge in [-0.3, -0.25) is 0 Å². The first-order chi connectivity index (χ1) is 9.95. The predicted molar refractivity (Wildman–Crippen MR) is 82.8 cm³/mol. The molecule has 1 saturated heterocycles. The van der Waals surface area contributed by atoms with Crippen LogP contribution in [-0.2, 0) is 10.0 Å². The molecule has 6 heteroatoms. The zero-order chi connectivity index (χ0) is 15.5. The number of nitrogens with two attached hydrogens (primary N) is 1. The largest absolute Gasteiger partial charge is 0.494 e. The van der Waals surface area contributed by atoms with Crippen molar-refractivity contribution in [3.8, 4) is 5.75 Å². The number of benzene rings is 1.